The zero-order valence-corrected chi connectivity index (χ0v) is 13.7. The standard InChI is InChI=1S/C18H23N3O3/c22-17(11-13-7-10-24-12-13)20-8-5-14(6-9-20)21-16-4-2-1-3-15(16)19-18(21)23/h1-4,13-14H,5-12H2,(H,19,23)/t13-/m1/s1. The highest BCUT2D eigenvalue weighted by atomic mass is 16.5. The molecule has 6 heteroatoms. The maximum absolute atomic E-state index is 12.4. The number of likely N-dealkylation sites (tertiary alicyclic amines) is 1. The topological polar surface area (TPSA) is 67.3 Å². The van der Waals surface area contributed by atoms with Crippen LogP contribution in [-0.2, 0) is 9.53 Å². The van der Waals surface area contributed by atoms with Crippen molar-refractivity contribution in [3.8, 4) is 0 Å². The van der Waals surface area contributed by atoms with Crippen LogP contribution in [0, 0.1) is 5.92 Å². The van der Waals surface area contributed by atoms with Gasteiger partial charge in [-0.25, -0.2) is 4.79 Å². The van der Waals surface area contributed by atoms with Gasteiger partial charge in [0, 0.05) is 38.8 Å². The zero-order chi connectivity index (χ0) is 16.5. The molecule has 3 heterocycles. The highest BCUT2D eigenvalue weighted by molar-refractivity contribution is 5.77. The molecule has 0 aliphatic carbocycles. The molecule has 2 aliphatic rings. The summed E-state index contributed by atoms with van der Waals surface area (Å²) in [5.41, 5.74) is 1.78. The number of hydrogen-bond donors (Lipinski definition) is 1. The second kappa shape index (κ2) is 6.43. The predicted molar refractivity (Wildman–Crippen MR) is 91.0 cm³/mol. The first kappa shape index (κ1) is 15.4. The van der Waals surface area contributed by atoms with Gasteiger partial charge in [0.1, 0.15) is 0 Å². The molecule has 0 bridgehead atoms. The van der Waals surface area contributed by atoms with E-state index in [1.807, 2.05) is 33.7 Å². The molecule has 6 nitrogen and oxygen atoms in total. The Balaban J connectivity index is 1.43. The maximum atomic E-state index is 12.4. The SMILES string of the molecule is O=C(C[C@H]1CCOC1)N1CCC(n2c(=O)[nH]c3ccccc32)CC1. The van der Waals surface area contributed by atoms with Gasteiger partial charge in [-0.15, -0.1) is 0 Å². The summed E-state index contributed by atoms with van der Waals surface area (Å²) in [6, 6.07) is 7.94. The first-order valence-corrected chi connectivity index (χ1v) is 8.77. The molecule has 2 fully saturated rings. The average molecular weight is 329 g/mol. The lowest BCUT2D eigenvalue weighted by molar-refractivity contribution is -0.133. The van der Waals surface area contributed by atoms with E-state index in [0.717, 1.165) is 50.0 Å². The molecule has 1 aromatic carbocycles. The number of nitrogens with one attached hydrogen (secondary N) is 1. The third-order valence-electron chi connectivity index (χ3n) is 5.29. The van der Waals surface area contributed by atoms with Crippen LogP contribution in [-0.4, -0.2) is 46.7 Å². The minimum atomic E-state index is -0.0518. The molecule has 24 heavy (non-hydrogen) atoms. The van der Waals surface area contributed by atoms with Crippen LogP contribution in [0.25, 0.3) is 11.0 Å². The van der Waals surface area contributed by atoms with Crippen LogP contribution in [0.4, 0.5) is 0 Å². The Morgan fingerprint density at radius 2 is 2.00 bits per heavy atom. The largest absolute Gasteiger partial charge is 0.381 e. The van der Waals surface area contributed by atoms with Gasteiger partial charge in [-0.3, -0.25) is 9.36 Å². The number of hydrogen-bond acceptors (Lipinski definition) is 3. The molecule has 4 rings (SSSR count). The number of piperidine rings is 1. The van der Waals surface area contributed by atoms with Crippen molar-refractivity contribution in [2.45, 2.75) is 31.7 Å². The molecule has 2 aliphatic heterocycles. The maximum Gasteiger partial charge on any atom is 0.326 e. The number of H-pyrrole nitrogens is 1. The summed E-state index contributed by atoms with van der Waals surface area (Å²) >= 11 is 0. The number of carbonyl (C=O) groups is 1. The van der Waals surface area contributed by atoms with E-state index < -0.39 is 0 Å². The number of fused-ring (bicyclic) bond motifs is 1. The van der Waals surface area contributed by atoms with E-state index >= 15 is 0 Å². The van der Waals surface area contributed by atoms with Gasteiger partial charge in [0.25, 0.3) is 0 Å². The predicted octanol–water partition coefficient (Wildman–Crippen LogP) is 1.92. The lowest BCUT2D eigenvalue weighted by Gasteiger charge is -2.33. The van der Waals surface area contributed by atoms with Crippen molar-refractivity contribution in [1.29, 1.82) is 0 Å². The van der Waals surface area contributed by atoms with Gasteiger partial charge >= 0.3 is 5.69 Å². The molecule has 0 unspecified atom stereocenters. The second-order valence-electron chi connectivity index (χ2n) is 6.86. The fourth-order valence-electron chi connectivity index (χ4n) is 3.93. The fourth-order valence-corrected chi connectivity index (χ4v) is 3.93. The van der Waals surface area contributed by atoms with Crippen molar-refractivity contribution in [3.05, 3.63) is 34.7 Å². The molecule has 0 spiro atoms. The van der Waals surface area contributed by atoms with E-state index in [0.29, 0.717) is 18.9 Å². The molecule has 1 N–H and O–H groups in total. The van der Waals surface area contributed by atoms with Crippen LogP contribution < -0.4 is 5.69 Å². The van der Waals surface area contributed by atoms with E-state index in [1.54, 1.807) is 0 Å². The van der Waals surface area contributed by atoms with Gasteiger partial charge in [-0.1, -0.05) is 12.1 Å². The van der Waals surface area contributed by atoms with Gasteiger partial charge < -0.3 is 14.6 Å². The molecule has 0 radical (unpaired) electrons. The minimum Gasteiger partial charge on any atom is -0.381 e. The summed E-state index contributed by atoms with van der Waals surface area (Å²) in [7, 11) is 0. The molecule has 1 amide bonds. The van der Waals surface area contributed by atoms with Crippen molar-refractivity contribution in [2.24, 2.45) is 5.92 Å². The van der Waals surface area contributed by atoms with Crippen LogP contribution >= 0.6 is 0 Å². The Bertz CT molecular complexity index is 780. The zero-order valence-electron chi connectivity index (χ0n) is 13.7. The number of carbonyl (C=O) groups excluding carboxylic acids is 1. The number of amides is 1. The molecule has 1 atom stereocenters. The van der Waals surface area contributed by atoms with Crippen molar-refractivity contribution in [1.82, 2.24) is 14.5 Å². The van der Waals surface area contributed by atoms with Crippen molar-refractivity contribution >= 4 is 16.9 Å². The van der Waals surface area contributed by atoms with E-state index in [1.165, 1.54) is 0 Å². The van der Waals surface area contributed by atoms with Crippen LogP contribution in [0.3, 0.4) is 0 Å². The van der Waals surface area contributed by atoms with Gasteiger partial charge in [0.15, 0.2) is 0 Å². The Labute approximate surface area is 140 Å². The Hall–Kier alpha value is -2.08. The first-order chi connectivity index (χ1) is 11.7. The van der Waals surface area contributed by atoms with Crippen molar-refractivity contribution in [3.63, 3.8) is 0 Å². The highest BCUT2D eigenvalue weighted by Crippen LogP contribution is 2.26. The van der Waals surface area contributed by atoms with Crippen molar-refractivity contribution < 1.29 is 9.53 Å². The van der Waals surface area contributed by atoms with Gasteiger partial charge in [0.05, 0.1) is 11.0 Å². The van der Waals surface area contributed by atoms with Crippen LogP contribution in [0.5, 0.6) is 0 Å². The number of aromatic amines is 1. The normalized spacial score (nSPS) is 22.3. The molecule has 2 saturated heterocycles. The van der Waals surface area contributed by atoms with E-state index in [4.69, 9.17) is 4.74 Å². The number of ether oxygens (including phenoxy) is 1. The molecule has 1 aromatic heterocycles. The number of rotatable bonds is 3. The Morgan fingerprint density at radius 1 is 1.21 bits per heavy atom. The third-order valence-corrected chi connectivity index (χ3v) is 5.29. The smallest absolute Gasteiger partial charge is 0.326 e. The first-order valence-electron chi connectivity index (χ1n) is 8.77. The summed E-state index contributed by atoms with van der Waals surface area (Å²) < 4.78 is 7.22. The van der Waals surface area contributed by atoms with E-state index in [-0.39, 0.29) is 17.6 Å². The highest BCUT2D eigenvalue weighted by Gasteiger charge is 2.28. The average Bonchev–Trinajstić information content (AvgIpc) is 3.21. The lowest BCUT2D eigenvalue weighted by Crippen LogP contribution is -2.41. The van der Waals surface area contributed by atoms with Crippen LogP contribution in [0.2, 0.25) is 0 Å². The lowest BCUT2D eigenvalue weighted by atomic mass is 10.0. The second-order valence-corrected chi connectivity index (χ2v) is 6.86. The quantitative estimate of drug-likeness (QED) is 0.935. The summed E-state index contributed by atoms with van der Waals surface area (Å²) in [6.07, 6.45) is 3.24. The van der Waals surface area contributed by atoms with Crippen LogP contribution in [0.1, 0.15) is 31.7 Å². The summed E-state index contributed by atoms with van der Waals surface area (Å²) in [6.45, 7) is 2.95. The monoisotopic (exact) mass is 329 g/mol. The van der Waals surface area contributed by atoms with Gasteiger partial charge in [0.2, 0.25) is 5.91 Å². The van der Waals surface area contributed by atoms with Gasteiger partial charge in [-0.05, 0) is 37.3 Å². The summed E-state index contributed by atoms with van der Waals surface area (Å²) in [5, 5.41) is 0. The Morgan fingerprint density at radius 3 is 2.75 bits per heavy atom. The fraction of sp³-hybridized carbons (Fsp3) is 0.556. The summed E-state index contributed by atoms with van der Waals surface area (Å²) in [4.78, 5) is 29.6. The van der Waals surface area contributed by atoms with Crippen molar-refractivity contribution in [2.75, 3.05) is 26.3 Å². The third kappa shape index (κ3) is 2.86. The molecule has 128 valence electrons. The Kier molecular flexibility index (Phi) is 4.14. The van der Waals surface area contributed by atoms with E-state index in [2.05, 4.69) is 4.98 Å². The minimum absolute atomic E-state index is 0.0518. The van der Waals surface area contributed by atoms with E-state index in [9.17, 15) is 9.59 Å². The van der Waals surface area contributed by atoms with Crippen LogP contribution in [0.15, 0.2) is 29.1 Å². The number of aromatic nitrogens is 2. The number of para-hydroxylation sites is 2. The molecule has 0 saturated carbocycles. The number of benzene rings is 1. The molecule has 2 aromatic rings. The number of nitrogens with zero attached hydrogens (tertiary/aromatic N) is 2. The summed E-state index contributed by atoms with van der Waals surface area (Å²) in [5.74, 6) is 0.613. The van der Waals surface area contributed by atoms with Gasteiger partial charge in [-0.2, -0.15) is 0 Å². The molecular formula is C18H23N3O3. The molecular weight excluding hydrogens is 306 g/mol. The number of imidazole rings is 1.